The molecule has 1 heterocycles. The van der Waals surface area contributed by atoms with E-state index < -0.39 is 6.16 Å². The van der Waals surface area contributed by atoms with Crippen LogP contribution in [0, 0.1) is 0 Å². The van der Waals surface area contributed by atoms with Crippen molar-refractivity contribution in [2.24, 2.45) is 0 Å². The summed E-state index contributed by atoms with van der Waals surface area (Å²) in [5, 5.41) is 0. The van der Waals surface area contributed by atoms with Crippen LogP contribution in [0.15, 0.2) is 0 Å². The summed E-state index contributed by atoms with van der Waals surface area (Å²) >= 11 is 5.41. The Morgan fingerprint density at radius 2 is 2.33 bits per heavy atom. The number of hydrogen-bond acceptors (Lipinski definition) is 3. The summed E-state index contributed by atoms with van der Waals surface area (Å²) in [6, 6.07) is 0. The van der Waals surface area contributed by atoms with Gasteiger partial charge in [0.25, 0.3) is 0 Å². The van der Waals surface area contributed by atoms with E-state index in [-0.39, 0.29) is 12.2 Å². The highest BCUT2D eigenvalue weighted by Crippen LogP contribution is 2.14. The normalized spacial score (nSPS) is 33.8. The van der Waals surface area contributed by atoms with Gasteiger partial charge in [-0.25, -0.2) is 4.79 Å². The van der Waals surface area contributed by atoms with E-state index >= 15 is 0 Å². The van der Waals surface area contributed by atoms with E-state index in [1.165, 1.54) is 0 Å². The third kappa shape index (κ3) is 1.27. The number of carbonyl (C=O) groups is 1. The van der Waals surface area contributed by atoms with Gasteiger partial charge < -0.3 is 9.47 Å². The largest absolute Gasteiger partial charge is 0.509 e. The molecule has 0 aromatic rings. The number of ether oxygens (including phenoxy) is 2. The molecule has 0 spiro atoms. The Labute approximate surface area is 57.9 Å². The number of alkyl halides is 1. The summed E-state index contributed by atoms with van der Waals surface area (Å²) in [5.41, 5.74) is 0. The van der Waals surface area contributed by atoms with E-state index in [2.05, 4.69) is 9.47 Å². The maximum atomic E-state index is 10.3. The number of carbonyl (C=O) groups excluding carboxylic acids is 1. The Balaban J connectivity index is 2.47. The first-order valence-electron chi connectivity index (χ1n) is 2.67. The van der Waals surface area contributed by atoms with Gasteiger partial charge in [0.05, 0.1) is 5.88 Å². The van der Waals surface area contributed by atoms with Gasteiger partial charge in [0, 0.05) is 0 Å². The van der Waals surface area contributed by atoms with Gasteiger partial charge in [-0.2, -0.15) is 0 Å². The average Bonchev–Trinajstić information content (AvgIpc) is 2.10. The molecule has 0 unspecified atom stereocenters. The maximum absolute atomic E-state index is 10.3. The van der Waals surface area contributed by atoms with Gasteiger partial charge in [-0.3, -0.25) is 0 Å². The molecule has 2 atom stereocenters. The first-order chi connectivity index (χ1) is 4.24. The van der Waals surface area contributed by atoms with Crippen molar-refractivity contribution in [3.05, 3.63) is 0 Å². The molecule has 1 saturated heterocycles. The summed E-state index contributed by atoms with van der Waals surface area (Å²) in [4.78, 5) is 10.3. The summed E-state index contributed by atoms with van der Waals surface area (Å²) < 4.78 is 9.25. The number of hydrogen-bond donors (Lipinski definition) is 0. The van der Waals surface area contributed by atoms with Gasteiger partial charge >= 0.3 is 6.16 Å². The minimum atomic E-state index is -0.617. The minimum absolute atomic E-state index is 0.199. The second-order valence-corrected chi connectivity index (χ2v) is 2.19. The number of rotatable bonds is 1. The van der Waals surface area contributed by atoms with E-state index in [0.29, 0.717) is 5.88 Å². The Kier molecular flexibility index (Phi) is 1.81. The van der Waals surface area contributed by atoms with Crippen molar-refractivity contribution in [1.82, 2.24) is 0 Å². The Hall–Kier alpha value is -0.440. The lowest BCUT2D eigenvalue weighted by Crippen LogP contribution is -2.20. The van der Waals surface area contributed by atoms with Gasteiger partial charge in [0.2, 0.25) is 0 Å². The monoisotopic (exact) mass is 150 g/mol. The van der Waals surface area contributed by atoms with Crippen molar-refractivity contribution in [3.8, 4) is 0 Å². The quantitative estimate of drug-likeness (QED) is 0.416. The van der Waals surface area contributed by atoms with Gasteiger partial charge in [0.15, 0.2) is 6.10 Å². The van der Waals surface area contributed by atoms with Crippen molar-refractivity contribution in [2.45, 2.75) is 19.1 Å². The van der Waals surface area contributed by atoms with Crippen LogP contribution in [0.4, 0.5) is 4.79 Å². The van der Waals surface area contributed by atoms with Gasteiger partial charge in [0.1, 0.15) is 6.10 Å². The van der Waals surface area contributed by atoms with Gasteiger partial charge in [-0.15, -0.1) is 11.6 Å². The van der Waals surface area contributed by atoms with Crippen LogP contribution >= 0.6 is 11.6 Å². The van der Waals surface area contributed by atoms with Crippen LogP contribution in [0.25, 0.3) is 0 Å². The van der Waals surface area contributed by atoms with E-state index in [4.69, 9.17) is 11.6 Å². The fraction of sp³-hybridized carbons (Fsp3) is 0.800. The van der Waals surface area contributed by atoms with Crippen LogP contribution < -0.4 is 0 Å². The molecule has 0 bridgehead atoms. The standard InChI is InChI=1S/C5H7ClO3/c1-3-4(2-6)9-5(7)8-3/h3-4H,2H2,1H3/t3-,4-/m0/s1. The lowest BCUT2D eigenvalue weighted by molar-refractivity contribution is 0.118. The zero-order chi connectivity index (χ0) is 6.85. The van der Waals surface area contributed by atoms with Gasteiger partial charge in [-0.1, -0.05) is 0 Å². The number of halogens is 1. The molecule has 0 aliphatic carbocycles. The van der Waals surface area contributed by atoms with Crippen molar-refractivity contribution >= 4 is 17.8 Å². The summed E-state index contributed by atoms with van der Waals surface area (Å²) in [5.74, 6) is 0.299. The smallest absolute Gasteiger partial charge is 0.427 e. The second kappa shape index (κ2) is 2.43. The minimum Gasteiger partial charge on any atom is -0.427 e. The lowest BCUT2D eigenvalue weighted by Gasteiger charge is -2.04. The first-order valence-corrected chi connectivity index (χ1v) is 3.20. The SMILES string of the molecule is C[C@@H]1OC(=O)O[C@H]1CCl. The predicted octanol–water partition coefficient (Wildman–Crippen LogP) is 1.15. The predicted molar refractivity (Wildman–Crippen MR) is 31.5 cm³/mol. The highest BCUT2D eigenvalue weighted by Gasteiger charge is 2.31. The molecule has 52 valence electrons. The molecular weight excluding hydrogens is 144 g/mol. The molecular formula is C5H7ClO3. The van der Waals surface area contributed by atoms with Crippen LogP contribution in [0.1, 0.15) is 6.92 Å². The first kappa shape index (κ1) is 6.68. The third-order valence-corrected chi connectivity index (χ3v) is 1.51. The third-order valence-electron chi connectivity index (χ3n) is 1.21. The molecule has 0 aromatic heterocycles. The topological polar surface area (TPSA) is 35.5 Å². The van der Waals surface area contributed by atoms with Gasteiger partial charge in [-0.05, 0) is 6.92 Å². The van der Waals surface area contributed by atoms with Crippen LogP contribution in [-0.2, 0) is 9.47 Å². The molecule has 0 N–H and O–H groups in total. The molecule has 0 saturated carbocycles. The van der Waals surface area contributed by atoms with E-state index in [1.54, 1.807) is 6.92 Å². The fourth-order valence-corrected chi connectivity index (χ4v) is 0.946. The molecule has 3 nitrogen and oxygen atoms in total. The molecule has 1 rings (SSSR count). The second-order valence-electron chi connectivity index (χ2n) is 1.88. The molecule has 0 amide bonds. The Morgan fingerprint density at radius 1 is 1.67 bits per heavy atom. The van der Waals surface area contributed by atoms with Crippen molar-refractivity contribution in [3.63, 3.8) is 0 Å². The van der Waals surface area contributed by atoms with E-state index in [9.17, 15) is 4.79 Å². The molecule has 1 fully saturated rings. The van der Waals surface area contributed by atoms with Crippen molar-refractivity contribution in [2.75, 3.05) is 5.88 Å². The Bertz CT molecular complexity index is 125. The van der Waals surface area contributed by atoms with E-state index in [0.717, 1.165) is 0 Å². The summed E-state index contributed by atoms with van der Waals surface area (Å²) in [6.07, 6.45) is -1.08. The Morgan fingerprint density at radius 3 is 2.56 bits per heavy atom. The highest BCUT2D eigenvalue weighted by atomic mass is 35.5. The van der Waals surface area contributed by atoms with E-state index in [1.807, 2.05) is 0 Å². The molecule has 9 heavy (non-hydrogen) atoms. The zero-order valence-corrected chi connectivity index (χ0v) is 5.72. The molecule has 0 aromatic carbocycles. The molecule has 1 aliphatic heterocycles. The van der Waals surface area contributed by atoms with Crippen LogP contribution in [0.5, 0.6) is 0 Å². The average molecular weight is 151 g/mol. The van der Waals surface area contributed by atoms with Crippen molar-refractivity contribution < 1.29 is 14.3 Å². The molecule has 0 radical (unpaired) electrons. The van der Waals surface area contributed by atoms with Crippen LogP contribution in [-0.4, -0.2) is 24.2 Å². The summed E-state index contributed by atoms with van der Waals surface area (Å²) in [6.45, 7) is 1.75. The zero-order valence-electron chi connectivity index (χ0n) is 4.96. The maximum Gasteiger partial charge on any atom is 0.509 e. The highest BCUT2D eigenvalue weighted by molar-refractivity contribution is 6.18. The lowest BCUT2D eigenvalue weighted by atomic mass is 10.3. The molecule has 4 heteroatoms. The van der Waals surface area contributed by atoms with Crippen molar-refractivity contribution in [1.29, 1.82) is 0 Å². The fourth-order valence-electron chi connectivity index (χ4n) is 0.632. The molecule has 1 aliphatic rings. The van der Waals surface area contributed by atoms with Crippen LogP contribution in [0.2, 0.25) is 0 Å². The number of cyclic esters (lactones) is 2. The van der Waals surface area contributed by atoms with Crippen LogP contribution in [0.3, 0.4) is 0 Å². The summed E-state index contributed by atoms with van der Waals surface area (Å²) in [7, 11) is 0.